The number of fused-ring (bicyclic) bond motifs is 2. The highest BCUT2D eigenvalue weighted by atomic mass is 16.1. The Balaban J connectivity index is 0.000000262. The number of rotatable bonds is 10. The van der Waals surface area contributed by atoms with Crippen molar-refractivity contribution < 1.29 is 4.79 Å². The molecule has 0 aliphatic rings. The Hall–Kier alpha value is -5.83. The Labute approximate surface area is 290 Å². The lowest BCUT2D eigenvalue weighted by atomic mass is 10.1. The number of allylic oxidation sites excluding steroid dienone is 1. The minimum absolute atomic E-state index is 0.148. The Morgan fingerprint density at radius 3 is 2.29 bits per heavy atom. The molecular weight excluding hydrogens is 608 g/mol. The fourth-order valence-corrected chi connectivity index (χ4v) is 5.14. The second-order valence-corrected chi connectivity index (χ2v) is 11.3. The van der Waals surface area contributed by atoms with E-state index in [9.17, 15) is 4.79 Å². The van der Waals surface area contributed by atoms with Crippen LogP contribution in [0.4, 0.5) is 5.69 Å². The van der Waals surface area contributed by atoms with Crippen LogP contribution < -0.4 is 22.1 Å². The van der Waals surface area contributed by atoms with Crippen molar-refractivity contribution in [2.24, 2.45) is 11.5 Å². The molecule has 49 heavy (non-hydrogen) atoms. The topological polar surface area (TPSA) is 140 Å². The van der Waals surface area contributed by atoms with E-state index in [4.69, 9.17) is 16.5 Å². The first-order valence-corrected chi connectivity index (χ1v) is 16.5. The van der Waals surface area contributed by atoms with Gasteiger partial charge in [0, 0.05) is 41.5 Å². The van der Waals surface area contributed by atoms with Crippen LogP contribution in [-0.2, 0) is 0 Å². The number of hydrogen-bond acceptors (Lipinski definition) is 7. The minimum Gasteiger partial charge on any atom is -0.401 e. The zero-order valence-electron chi connectivity index (χ0n) is 29.3. The quantitative estimate of drug-likeness (QED) is 0.0737. The largest absolute Gasteiger partial charge is 0.401 e. The number of nitrogens with two attached hydrogens (primary N) is 2. The van der Waals surface area contributed by atoms with Gasteiger partial charge in [-0.05, 0) is 69.2 Å². The molecule has 9 heteroatoms. The molecule has 0 saturated carbocycles. The maximum atomic E-state index is 11.2. The van der Waals surface area contributed by atoms with Crippen LogP contribution in [0.25, 0.3) is 33.3 Å². The van der Waals surface area contributed by atoms with Gasteiger partial charge in [0.25, 0.3) is 0 Å². The number of nitrogens with zero attached hydrogens (tertiary/aromatic N) is 3. The number of aromatic nitrogens is 4. The van der Waals surface area contributed by atoms with Gasteiger partial charge in [0.1, 0.15) is 12.1 Å². The molecule has 0 saturated heterocycles. The van der Waals surface area contributed by atoms with Crippen LogP contribution in [0.1, 0.15) is 54.2 Å². The standard InChI is InChI=1S/C23H27N5O.C8H9N3.C7H8.C2H6/c1-15-6-4-7-19(12-15)23-27-20-13-18(14-29)9-10-22(20)28(23)21(16(2)24)8-5-11-26-17(3)25;1-9-7-3-2-6-5-10-11-8(6)4-7;1-7-5-3-2-4-6-7;1-2/h4,6-7,9-10,12-14,21,26H,2-3,5,8,11,24-25H2,1H3;2-5,9H,1H3,(H,10,11);2-6H,1H3;1-2H3. The zero-order chi connectivity index (χ0) is 35.8. The highest BCUT2D eigenvalue weighted by molar-refractivity contribution is 5.87. The van der Waals surface area contributed by atoms with Gasteiger partial charge < -0.3 is 26.7 Å². The number of carbonyl (C=O) groups is 1. The second-order valence-electron chi connectivity index (χ2n) is 11.3. The van der Waals surface area contributed by atoms with Crippen molar-refractivity contribution in [1.82, 2.24) is 25.1 Å². The number of anilines is 1. The van der Waals surface area contributed by atoms with Gasteiger partial charge in [-0.1, -0.05) is 86.7 Å². The minimum atomic E-state index is -0.148. The summed E-state index contributed by atoms with van der Waals surface area (Å²) in [5.74, 6) is 1.25. The Morgan fingerprint density at radius 1 is 0.939 bits per heavy atom. The molecule has 2 aromatic heterocycles. The number of carbonyl (C=O) groups excluding carboxylic acids is 1. The lowest BCUT2D eigenvalue weighted by Gasteiger charge is -2.22. The van der Waals surface area contributed by atoms with Crippen LogP contribution in [0.15, 0.2) is 122 Å². The van der Waals surface area contributed by atoms with Crippen LogP contribution >= 0.6 is 0 Å². The van der Waals surface area contributed by atoms with E-state index in [1.807, 2.05) is 94.7 Å². The number of aldehydes is 1. The lowest BCUT2D eigenvalue weighted by molar-refractivity contribution is 0.112. The number of hydrogen-bond donors (Lipinski definition) is 5. The highest BCUT2D eigenvalue weighted by Gasteiger charge is 2.22. The smallest absolute Gasteiger partial charge is 0.150 e. The van der Waals surface area contributed by atoms with Crippen LogP contribution in [0.2, 0.25) is 0 Å². The van der Waals surface area contributed by atoms with Crippen LogP contribution in [0, 0.1) is 13.8 Å². The molecule has 0 bridgehead atoms. The van der Waals surface area contributed by atoms with Crippen molar-refractivity contribution in [3.8, 4) is 11.4 Å². The van der Waals surface area contributed by atoms with Gasteiger partial charge in [-0.2, -0.15) is 5.10 Å². The van der Waals surface area contributed by atoms with Crippen molar-refractivity contribution in [2.45, 2.75) is 46.6 Å². The predicted octanol–water partition coefficient (Wildman–Crippen LogP) is 8.26. The third-order valence-electron chi connectivity index (χ3n) is 7.54. The van der Waals surface area contributed by atoms with Gasteiger partial charge in [0.15, 0.2) is 0 Å². The highest BCUT2D eigenvalue weighted by Crippen LogP contribution is 2.33. The average Bonchev–Trinajstić information content (AvgIpc) is 3.74. The van der Waals surface area contributed by atoms with Crippen LogP contribution in [0.3, 0.4) is 0 Å². The molecule has 6 aromatic rings. The van der Waals surface area contributed by atoms with Crippen molar-refractivity contribution in [1.29, 1.82) is 0 Å². The van der Waals surface area contributed by atoms with Crippen LogP contribution in [0.5, 0.6) is 0 Å². The number of benzene rings is 4. The van der Waals surface area contributed by atoms with Crippen LogP contribution in [-0.4, -0.2) is 39.6 Å². The van der Waals surface area contributed by atoms with E-state index in [-0.39, 0.29) is 6.04 Å². The maximum Gasteiger partial charge on any atom is 0.150 e. The third kappa shape index (κ3) is 10.9. The number of nitrogens with one attached hydrogen (secondary N) is 3. The van der Waals surface area contributed by atoms with Gasteiger partial charge in [-0.15, -0.1) is 0 Å². The number of aryl methyl sites for hydroxylation is 2. The molecule has 1 unspecified atom stereocenters. The Morgan fingerprint density at radius 2 is 1.67 bits per heavy atom. The van der Waals surface area contributed by atoms with Gasteiger partial charge in [0.2, 0.25) is 0 Å². The molecule has 0 spiro atoms. The molecule has 0 amide bonds. The normalized spacial score (nSPS) is 10.7. The van der Waals surface area contributed by atoms with E-state index in [2.05, 4.69) is 63.7 Å². The van der Waals surface area contributed by atoms with Gasteiger partial charge in [-0.3, -0.25) is 9.89 Å². The zero-order valence-corrected chi connectivity index (χ0v) is 29.3. The summed E-state index contributed by atoms with van der Waals surface area (Å²) in [5.41, 5.74) is 20.3. The lowest BCUT2D eigenvalue weighted by Crippen LogP contribution is -2.22. The molecule has 7 N–H and O–H groups in total. The maximum absolute atomic E-state index is 11.2. The summed E-state index contributed by atoms with van der Waals surface area (Å²) in [7, 11) is 1.90. The fraction of sp³-hybridized carbons (Fsp3) is 0.225. The first-order chi connectivity index (χ1) is 23.7. The van der Waals surface area contributed by atoms with Gasteiger partial charge in [-0.25, -0.2) is 4.98 Å². The molecule has 0 aliphatic carbocycles. The summed E-state index contributed by atoms with van der Waals surface area (Å²) in [5, 5.41) is 14.1. The SMILES string of the molecule is C=C(N)NCCCC(C(=C)N)n1c(-c2cccc(C)c2)nc2cc(C=O)ccc21.CC.CNc1ccc2cn[nH]c2c1.Cc1ccccc1. The summed E-state index contributed by atoms with van der Waals surface area (Å²) in [4.78, 5) is 16.1. The fourth-order valence-electron chi connectivity index (χ4n) is 5.14. The summed E-state index contributed by atoms with van der Waals surface area (Å²) in [6.07, 6.45) is 4.23. The molecule has 0 fully saturated rings. The van der Waals surface area contributed by atoms with Crippen molar-refractivity contribution in [2.75, 3.05) is 18.9 Å². The third-order valence-corrected chi connectivity index (χ3v) is 7.54. The molecule has 0 radical (unpaired) electrons. The Kier molecular flexibility index (Phi) is 14.7. The van der Waals surface area contributed by atoms with Crippen molar-refractivity contribution in [3.63, 3.8) is 0 Å². The van der Waals surface area contributed by atoms with Gasteiger partial charge >= 0.3 is 0 Å². The first-order valence-electron chi connectivity index (χ1n) is 16.5. The summed E-state index contributed by atoms with van der Waals surface area (Å²) in [6, 6.07) is 29.9. The number of imidazole rings is 1. The summed E-state index contributed by atoms with van der Waals surface area (Å²) < 4.78 is 2.12. The van der Waals surface area contributed by atoms with E-state index in [1.165, 1.54) is 5.56 Å². The monoisotopic (exact) mass is 658 g/mol. The van der Waals surface area contributed by atoms with Gasteiger partial charge in [0.05, 0.1) is 34.6 Å². The average molecular weight is 659 g/mol. The van der Waals surface area contributed by atoms with Crippen molar-refractivity contribution >= 4 is 33.9 Å². The van der Waals surface area contributed by atoms with Crippen molar-refractivity contribution in [3.05, 3.63) is 139 Å². The molecule has 1 atom stereocenters. The molecule has 4 aromatic carbocycles. The first kappa shape index (κ1) is 37.6. The van der Waals surface area contributed by atoms with E-state index in [0.717, 1.165) is 63.7 Å². The molecule has 9 nitrogen and oxygen atoms in total. The molecule has 2 heterocycles. The number of aromatic amines is 1. The molecular formula is C40H50N8O. The molecule has 0 aliphatic heterocycles. The number of H-pyrrole nitrogens is 1. The summed E-state index contributed by atoms with van der Waals surface area (Å²) >= 11 is 0. The van der Waals surface area contributed by atoms with E-state index >= 15 is 0 Å². The molecule has 256 valence electrons. The second kappa shape index (κ2) is 19.1. The van der Waals surface area contributed by atoms with E-state index in [0.29, 0.717) is 23.6 Å². The Bertz CT molecular complexity index is 1940. The molecule has 6 rings (SSSR count). The van der Waals surface area contributed by atoms with E-state index < -0.39 is 0 Å². The predicted molar refractivity (Wildman–Crippen MR) is 206 cm³/mol. The van der Waals surface area contributed by atoms with E-state index in [1.54, 1.807) is 12.1 Å². The summed E-state index contributed by atoms with van der Waals surface area (Å²) in [6.45, 7) is 16.5.